The molecule has 0 spiro atoms. The third kappa shape index (κ3) is 4.87. The maximum Gasteiger partial charge on any atom is 0.224 e. The molecule has 1 aromatic heterocycles. The molecule has 122 valence electrons. The molecule has 0 radical (unpaired) electrons. The Morgan fingerprint density at radius 3 is 2.91 bits per heavy atom. The van der Waals surface area contributed by atoms with E-state index < -0.39 is 0 Å². The van der Waals surface area contributed by atoms with E-state index in [0.717, 1.165) is 49.7 Å². The first-order chi connectivity index (χ1) is 10.6. The van der Waals surface area contributed by atoms with Crippen LogP contribution >= 0.6 is 11.8 Å². The van der Waals surface area contributed by atoms with Crippen molar-refractivity contribution in [2.75, 3.05) is 24.5 Å². The fourth-order valence-corrected chi connectivity index (χ4v) is 3.30. The van der Waals surface area contributed by atoms with Crippen molar-refractivity contribution in [1.82, 2.24) is 15.5 Å². The molecule has 0 unspecified atom stereocenters. The molecule has 1 amide bonds. The fourth-order valence-electron chi connectivity index (χ4n) is 2.58. The van der Waals surface area contributed by atoms with Crippen LogP contribution < -0.4 is 10.2 Å². The molecule has 1 N–H and O–H groups in total. The van der Waals surface area contributed by atoms with E-state index in [0.29, 0.717) is 5.25 Å². The van der Waals surface area contributed by atoms with Gasteiger partial charge in [-0.2, -0.15) is 0 Å². The Kier molecular flexibility index (Phi) is 6.49. The van der Waals surface area contributed by atoms with Crippen LogP contribution in [0.4, 0.5) is 5.82 Å². The van der Waals surface area contributed by atoms with Crippen LogP contribution in [0, 0.1) is 5.92 Å². The number of amides is 1. The number of carbonyl (C=O) groups excluding carboxylic acids is 1. The number of nitrogens with one attached hydrogen (secondary N) is 1. The standard InChI is InChI=1S/C16H26N4OS/c1-4-9-17-16(21)13-6-5-10-20(11-13)14-7-8-15(19-18-14)22-12(2)3/h7-8,12-13H,4-6,9-11H2,1-3H3,(H,17,21)/t13-/m1/s1. The lowest BCUT2D eigenvalue weighted by atomic mass is 9.97. The van der Waals surface area contributed by atoms with Crippen molar-refractivity contribution >= 4 is 23.5 Å². The van der Waals surface area contributed by atoms with Crippen LogP contribution in [0.25, 0.3) is 0 Å². The zero-order valence-electron chi connectivity index (χ0n) is 13.7. The van der Waals surface area contributed by atoms with Gasteiger partial charge in [-0.1, -0.05) is 20.8 Å². The molecule has 22 heavy (non-hydrogen) atoms. The lowest BCUT2D eigenvalue weighted by Gasteiger charge is -2.32. The van der Waals surface area contributed by atoms with Crippen LogP contribution in [0.3, 0.4) is 0 Å². The van der Waals surface area contributed by atoms with Crippen LogP contribution in [0.2, 0.25) is 0 Å². The Labute approximate surface area is 137 Å². The highest BCUT2D eigenvalue weighted by Crippen LogP contribution is 2.24. The first kappa shape index (κ1) is 17.1. The van der Waals surface area contributed by atoms with Gasteiger partial charge in [0.1, 0.15) is 5.03 Å². The van der Waals surface area contributed by atoms with E-state index in [-0.39, 0.29) is 11.8 Å². The van der Waals surface area contributed by atoms with Gasteiger partial charge >= 0.3 is 0 Å². The van der Waals surface area contributed by atoms with Crippen molar-refractivity contribution in [2.24, 2.45) is 5.92 Å². The van der Waals surface area contributed by atoms with Crippen LogP contribution in [-0.4, -0.2) is 41.0 Å². The Morgan fingerprint density at radius 2 is 2.27 bits per heavy atom. The number of hydrogen-bond donors (Lipinski definition) is 1. The minimum Gasteiger partial charge on any atom is -0.356 e. The molecule has 6 heteroatoms. The first-order valence-corrected chi connectivity index (χ1v) is 9.01. The smallest absolute Gasteiger partial charge is 0.224 e. The van der Waals surface area contributed by atoms with Gasteiger partial charge in [-0.25, -0.2) is 0 Å². The van der Waals surface area contributed by atoms with E-state index in [1.807, 2.05) is 12.1 Å². The van der Waals surface area contributed by atoms with E-state index in [2.05, 4.69) is 41.2 Å². The molecule has 0 bridgehead atoms. The Hall–Kier alpha value is -1.30. The second kappa shape index (κ2) is 8.36. The van der Waals surface area contributed by atoms with Gasteiger partial charge in [-0.05, 0) is 31.4 Å². The topological polar surface area (TPSA) is 58.1 Å². The minimum absolute atomic E-state index is 0.0619. The molecule has 0 aromatic carbocycles. The van der Waals surface area contributed by atoms with Crippen molar-refractivity contribution < 1.29 is 4.79 Å². The molecule has 1 atom stereocenters. The summed E-state index contributed by atoms with van der Waals surface area (Å²) in [4.78, 5) is 14.3. The van der Waals surface area contributed by atoms with Gasteiger partial charge < -0.3 is 10.2 Å². The molecule has 1 aliphatic heterocycles. The summed E-state index contributed by atoms with van der Waals surface area (Å²) in [5, 5.41) is 13.1. The maximum absolute atomic E-state index is 12.1. The van der Waals surface area contributed by atoms with Crippen molar-refractivity contribution in [3.8, 4) is 0 Å². The second-order valence-corrected chi connectivity index (χ2v) is 7.57. The summed E-state index contributed by atoms with van der Waals surface area (Å²) in [6, 6.07) is 4.04. The lowest BCUT2D eigenvalue weighted by molar-refractivity contribution is -0.125. The number of carbonyl (C=O) groups is 1. The molecule has 1 aromatic rings. The van der Waals surface area contributed by atoms with E-state index in [4.69, 9.17) is 0 Å². The van der Waals surface area contributed by atoms with Crippen molar-refractivity contribution in [1.29, 1.82) is 0 Å². The maximum atomic E-state index is 12.1. The fraction of sp³-hybridized carbons (Fsp3) is 0.688. The van der Waals surface area contributed by atoms with E-state index in [9.17, 15) is 4.79 Å². The summed E-state index contributed by atoms with van der Waals surface area (Å²) < 4.78 is 0. The van der Waals surface area contributed by atoms with Crippen molar-refractivity contribution in [3.05, 3.63) is 12.1 Å². The summed E-state index contributed by atoms with van der Waals surface area (Å²) in [5.74, 6) is 1.11. The molecule has 1 aliphatic rings. The quantitative estimate of drug-likeness (QED) is 0.816. The molecule has 5 nitrogen and oxygen atoms in total. The molecular formula is C16H26N4OS. The minimum atomic E-state index is 0.0619. The molecule has 1 saturated heterocycles. The highest BCUT2D eigenvalue weighted by molar-refractivity contribution is 7.99. The normalized spacial score (nSPS) is 18.5. The number of nitrogens with zero attached hydrogens (tertiary/aromatic N) is 3. The largest absolute Gasteiger partial charge is 0.356 e. The van der Waals surface area contributed by atoms with E-state index >= 15 is 0 Å². The highest BCUT2D eigenvalue weighted by atomic mass is 32.2. The second-order valence-electron chi connectivity index (χ2n) is 5.97. The molecule has 2 rings (SSSR count). The summed E-state index contributed by atoms with van der Waals surface area (Å²) in [6.07, 6.45) is 2.96. The highest BCUT2D eigenvalue weighted by Gasteiger charge is 2.26. The zero-order chi connectivity index (χ0) is 15.9. The molecule has 1 fully saturated rings. The van der Waals surface area contributed by atoms with Gasteiger partial charge in [0, 0.05) is 24.9 Å². The van der Waals surface area contributed by atoms with Gasteiger partial charge in [0.25, 0.3) is 0 Å². The summed E-state index contributed by atoms with van der Waals surface area (Å²) in [5.41, 5.74) is 0. The number of piperidine rings is 1. The Morgan fingerprint density at radius 1 is 1.45 bits per heavy atom. The first-order valence-electron chi connectivity index (χ1n) is 8.13. The Balaban J connectivity index is 1.95. The van der Waals surface area contributed by atoms with Crippen LogP contribution in [0.15, 0.2) is 17.2 Å². The summed E-state index contributed by atoms with van der Waals surface area (Å²) in [6.45, 7) is 8.80. The predicted octanol–water partition coefficient (Wildman–Crippen LogP) is 2.72. The van der Waals surface area contributed by atoms with Gasteiger partial charge in [0.2, 0.25) is 5.91 Å². The predicted molar refractivity (Wildman–Crippen MR) is 91.3 cm³/mol. The number of aromatic nitrogens is 2. The van der Waals surface area contributed by atoms with E-state index in [1.54, 1.807) is 11.8 Å². The average Bonchev–Trinajstić information content (AvgIpc) is 2.53. The molecule has 0 aliphatic carbocycles. The van der Waals surface area contributed by atoms with Crippen LogP contribution in [0.1, 0.15) is 40.0 Å². The SMILES string of the molecule is CCCNC(=O)[C@@H]1CCCN(c2ccc(SC(C)C)nn2)C1. The monoisotopic (exact) mass is 322 g/mol. The van der Waals surface area contributed by atoms with Gasteiger partial charge in [-0.15, -0.1) is 22.0 Å². The third-order valence-corrected chi connectivity index (χ3v) is 4.58. The van der Waals surface area contributed by atoms with Gasteiger partial charge in [-0.3, -0.25) is 4.79 Å². The number of rotatable bonds is 6. The van der Waals surface area contributed by atoms with Gasteiger partial charge in [0.05, 0.1) is 5.92 Å². The van der Waals surface area contributed by atoms with E-state index in [1.165, 1.54) is 0 Å². The molecule has 2 heterocycles. The van der Waals surface area contributed by atoms with Crippen LogP contribution in [0.5, 0.6) is 0 Å². The third-order valence-electron chi connectivity index (χ3n) is 3.65. The number of thioether (sulfide) groups is 1. The zero-order valence-corrected chi connectivity index (χ0v) is 14.5. The summed E-state index contributed by atoms with van der Waals surface area (Å²) >= 11 is 1.71. The number of hydrogen-bond acceptors (Lipinski definition) is 5. The Bertz CT molecular complexity index is 478. The lowest BCUT2D eigenvalue weighted by Crippen LogP contribution is -2.43. The average molecular weight is 322 g/mol. The molecule has 0 saturated carbocycles. The van der Waals surface area contributed by atoms with Crippen molar-refractivity contribution in [3.63, 3.8) is 0 Å². The molecular weight excluding hydrogens is 296 g/mol. The number of anilines is 1. The van der Waals surface area contributed by atoms with Crippen LogP contribution in [-0.2, 0) is 4.79 Å². The van der Waals surface area contributed by atoms with Crippen molar-refractivity contribution in [2.45, 2.75) is 50.3 Å². The summed E-state index contributed by atoms with van der Waals surface area (Å²) in [7, 11) is 0. The van der Waals surface area contributed by atoms with Gasteiger partial charge in [0.15, 0.2) is 5.82 Å².